The third-order valence-electron chi connectivity index (χ3n) is 3.10. The molecule has 0 N–H and O–H groups in total. The van der Waals surface area contributed by atoms with Crippen LogP contribution in [0.1, 0.15) is 19.2 Å². The molecule has 2 heterocycles. The Hall–Kier alpha value is -1.85. The molecule has 0 bridgehead atoms. The van der Waals surface area contributed by atoms with E-state index in [-0.39, 0.29) is 16.6 Å². The number of hydrogen-bond acceptors (Lipinski definition) is 3. The van der Waals surface area contributed by atoms with Gasteiger partial charge >= 0.3 is 0 Å². The fraction of sp³-hybridized carbons (Fsp3) is 0.545. The van der Waals surface area contributed by atoms with E-state index in [2.05, 4.69) is 4.98 Å². The highest BCUT2D eigenvalue weighted by molar-refractivity contribution is 5.73. The first kappa shape index (κ1) is 11.6. The number of hydrogen-bond donors (Lipinski definition) is 0. The maximum Gasteiger partial charge on any atom is 0.293 e. The summed E-state index contributed by atoms with van der Waals surface area (Å²) >= 11 is 0. The van der Waals surface area contributed by atoms with E-state index in [0.29, 0.717) is 5.52 Å². The van der Waals surface area contributed by atoms with Gasteiger partial charge in [-0.2, -0.15) is 0 Å². The highest BCUT2D eigenvalue weighted by atomic mass is 16.2. The molecule has 0 atom stereocenters. The Balaban J connectivity index is 2.98. The van der Waals surface area contributed by atoms with E-state index in [1.807, 2.05) is 6.92 Å². The van der Waals surface area contributed by atoms with E-state index in [1.54, 1.807) is 25.7 Å². The van der Waals surface area contributed by atoms with E-state index in [4.69, 9.17) is 0 Å². The smallest absolute Gasteiger partial charge is 0.293 e. The lowest BCUT2D eigenvalue weighted by Gasteiger charge is -2.05. The van der Waals surface area contributed by atoms with Crippen molar-refractivity contribution in [2.75, 3.05) is 0 Å². The molecule has 0 spiro atoms. The average molecular weight is 236 g/mol. The van der Waals surface area contributed by atoms with Crippen molar-refractivity contribution in [1.82, 2.24) is 18.9 Å². The molecule has 92 valence electrons. The second kappa shape index (κ2) is 3.87. The molecule has 6 nitrogen and oxygen atoms in total. The van der Waals surface area contributed by atoms with E-state index in [9.17, 15) is 9.59 Å². The quantitative estimate of drug-likeness (QED) is 0.733. The zero-order valence-corrected chi connectivity index (χ0v) is 10.5. The highest BCUT2D eigenvalue weighted by Crippen LogP contribution is 2.08. The van der Waals surface area contributed by atoms with Gasteiger partial charge in [0.25, 0.3) is 11.1 Å². The first-order valence-electron chi connectivity index (χ1n) is 5.60. The van der Waals surface area contributed by atoms with Crippen LogP contribution in [-0.4, -0.2) is 18.9 Å². The molecule has 0 amide bonds. The fourth-order valence-electron chi connectivity index (χ4n) is 1.96. The van der Waals surface area contributed by atoms with Crippen molar-refractivity contribution in [3.8, 4) is 0 Å². The largest absolute Gasteiger partial charge is 0.326 e. The predicted molar refractivity (Wildman–Crippen MR) is 65.2 cm³/mol. The molecule has 0 aromatic carbocycles. The first-order valence-corrected chi connectivity index (χ1v) is 5.60. The summed E-state index contributed by atoms with van der Waals surface area (Å²) in [7, 11) is 4.92. The average Bonchev–Trinajstić information content (AvgIpc) is 2.62. The third kappa shape index (κ3) is 1.51. The third-order valence-corrected chi connectivity index (χ3v) is 3.10. The molecule has 2 rings (SSSR count). The maximum atomic E-state index is 12.1. The van der Waals surface area contributed by atoms with Gasteiger partial charge in [-0.3, -0.25) is 9.59 Å². The van der Waals surface area contributed by atoms with Gasteiger partial charge in [0.2, 0.25) is 0 Å². The molecule has 0 saturated carbocycles. The Morgan fingerprint density at radius 1 is 1.06 bits per heavy atom. The molecule has 0 fully saturated rings. The van der Waals surface area contributed by atoms with Gasteiger partial charge in [0, 0.05) is 27.6 Å². The molecule has 0 radical (unpaired) electrons. The summed E-state index contributed by atoms with van der Waals surface area (Å²) in [6.45, 7) is 2.04. The minimum atomic E-state index is -0.236. The normalized spacial score (nSPS) is 11.3. The molecule has 6 heteroatoms. The van der Waals surface area contributed by atoms with Gasteiger partial charge in [0.05, 0.1) is 0 Å². The van der Waals surface area contributed by atoms with Crippen LogP contribution in [0.4, 0.5) is 0 Å². The van der Waals surface area contributed by atoms with Crippen LogP contribution in [-0.2, 0) is 27.6 Å². The first-order chi connectivity index (χ1) is 7.99. The molecule has 2 aromatic rings. The monoisotopic (exact) mass is 236 g/mol. The molecular formula is C11H16N4O2. The Morgan fingerprint density at radius 3 is 2.24 bits per heavy atom. The topological polar surface area (TPSA) is 61.8 Å². The Morgan fingerprint density at radius 2 is 1.65 bits per heavy atom. The van der Waals surface area contributed by atoms with Crippen LogP contribution in [0.3, 0.4) is 0 Å². The van der Waals surface area contributed by atoms with Crippen molar-refractivity contribution in [1.29, 1.82) is 0 Å². The Labute approximate surface area is 98.1 Å². The number of nitrogens with zero attached hydrogens (tertiary/aromatic N) is 4. The summed E-state index contributed by atoms with van der Waals surface area (Å²) < 4.78 is 4.32. The van der Waals surface area contributed by atoms with Crippen molar-refractivity contribution in [2.45, 2.75) is 19.8 Å². The van der Waals surface area contributed by atoms with E-state index in [1.165, 1.54) is 9.36 Å². The van der Waals surface area contributed by atoms with Crippen LogP contribution in [0.25, 0.3) is 11.0 Å². The standard InChI is InChI=1S/C11H16N4O2/c1-5-6-7-12-8-9(13(7)2)11(17)15(4)14(3)10(8)16/h5-6H2,1-4H3. The number of aryl methyl sites for hydroxylation is 2. The van der Waals surface area contributed by atoms with Crippen LogP contribution in [0.5, 0.6) is 0 Å². The van der Waals surface area contributed by atoms with Crippen LogP contribution in [0.2, 0.25) is 0 Å². The lowest BCUT2D eigenvalue weighted by atomic mass is 10.3. The molecule has 0 saturated heterocycles. The van der Waals surface area contributed by atoms with Gasteiger partial charge in [0.15, 0.2) is 5.52 Å². The fourth-order valence-corrected chi connectivity index (χ4v) is 1.96. The number of aromatic nitrogens is 4. The van der Waals surface area contributed by atoms with Crippen molar-refractivity contribution < 1.29 is 0 Å². The minimum Gasteiger partial charge on any atom is -0.326 e. The van der Waals surface area contributed by atoms with Crippen molar-refractivity contribution >= 4 is 11.0 Å². The predicted octanol–water partition coefficient (Wildman–Crippen LogP) is -0.0768. The van der Waals surface area contributed by atoms with Crippen LogP contribution in [0, 0.1) is 0 Å². The number of rotatable bonds is 2. The molecule has 2 aromatic heterocycles. The van der Waals surface area contributed by atoms with Crippen LogP contribution < -0.4 is 11.1 Å². The zero-order chi connectivity index (χ0) is 12.7. The molecule has 0 aliphatic rings. The van der Waals surface area contributed by atoms with E-state index in [0.717, 1.165) is 18.7 Å². The number of fused-ring (bicyclic) bond motifs is 1. The Bertz CT molecular complexity index is 690. The summed E-state index contributed by atoms with van der Waals surface area (Å²) in [4.78, 5) is 28.4. The second-order valence-corrected chi connectivity index (χ2v) is 4.19. The van der Waals surface area contributed by atoms with Gasteiger partial charge in [-0.1, -0.05) is 6.92 Å². The molecule has 0 unspecified atom stereocenters. The van der Waals surface area contributed by atoms with Crippen molar-refractivity contribution in [2.24, 2.45) is 21.1 Å². The van der Waals surface area contributed by atoms with Crippen LogP contribution in [0.15, 0.2) is 9.59 Å². The van der Waals surface area contributed by atoms with Gasteiger partial charge in [0.1, 0.15) is 11.3 Å². The minimum absolute atomic E-state index is 0.195. The zero-order valence-electron chi connectivity index (χ0n) is 10.5. The lowest BCUT2D eigenvalue weighted by Crippen LogP contribution is -2.35. The van der Waals surface area contributed by atoms with Gasteiger partial charge < -0.3 is 4.57 Å². The SMILES string of the molecule is CCCc1nc2c(=O)n(C)n(C)c(=O)c2n1C. The summed E-state index contributed by atoms with van der Waals surface area (Å²) in [5.41, 5.74) is 0.222. The van der Waals surface area contributed by atoms with Gasteiger partial charge in [-0.25, -0.2) is 14.3 Å². The number of imidazole rings is 1. The molecular weight excluding hydrogens is 220 g/mol. The molecule has 17 heavy (non-hydrogen) atoms. The summed E-state index contributed by atoms with van der Waals surface area (Å²) in [5, 5.41) is 0. The van der Waals surface area contributed by atoms with E-state index >= 15 is 0 Å². The van der Waals surface area contributed by atoms with Crippen molar-refractivity contribution in [3.63, 3.8) is 0 Å². The maximum absolute atomic E-state index is 12.1. The summed E-state index contributed by atoms with van der Waals surface area (Å²) in [6.07, 6.45) is 1.69. The second-order valence-electron chi connectivity index (χ2n) is 4.19. The molecule has 0 aliphatic heterocycles. The van der Waals surface area contributed by atoms with Crippen LogP contribution >= 0.6 is 0 Å². The summed E-state index contributed by atoms with van der Waals surface area (Å²) in [5.74, 6) is 0.780. The highest BCUT2D eigenvalue weighted by Gasteiger charge is 2.16. The molecule has 0 aliphatic carbocycles. The van der Waals surface area contributed by atoms with Gasteiger partial charge in [-0.05, 0) is 6.42 Å². The van der Waals surface area contributed by atoms with E-state index < -0.39 is 0 Å². The van der Waals surface area contributed by atoms with Crippen molar-refractivity contribution in [3.05, 3.63) is 26.5 Å². The Kier molecular flexibility index (Phi) is 2.65. The lowest BCUT2D eigenvalue weighted by molar-refractivity contribution is 0.540. The van der Waals surface area contributed by atoms with Gasteiger partial charge in [-0.15, -0.1) is 0 Å². The summed E-state index contributed by atoms with van der Waals surface area (Å²) in [6, 6.07) is 0.